The second kappa shape index (κ2) is 9.44. The van der Waals surface area contributed by atoms with E-state index in [0.29, 0.717) is 33.7 Å². The Balaban J connectivity index is 1.37. The zero-order valence-corrected chi connectivity index (χ0v) is 19.3. The summed E-state index contributed by atoms with van der Waals surface area (Å²) in [4.78, 5) is 4.39. The molecule has 4 aromatic carbocycles. The molecular formula is C27H21FN4O2S. The van der Waals surface area contributed by atoms with E-state index in [-0.39, 0.29) is 10.7 Å². The molecule has 5 aromatic rings. The third-order valence-electron chi connectivity index (χ3n) is 5.30. The van der Waals surface area contributed by atoms with Crippen molar-refractivity contribution in [3.05, 3.63) is 115 Å². The lowest BCUT2D eigenvalue weighted by Gasteiger charge is -2.13. The lowest BCUT2D eigenvalue weighted by molar-refractivity contribution is 0.601. The van der Waals surface area contributed by atoms with Crippen LogP contribution in [-0.4, -0.2) is 13.4 Å². The number of fused-ring (bicyclic) bond motifs is 1. The van der Waals surface area contributed by atoms with Gasteiger partial charge in [0.2, 0.25) is 0 Å². The summed E-state index contributed by atoms with van der Waals surface area (Å²) in [6.07, 6.45) is 1.63. The Labute approximate surface area is 202 Å². The van der Waals surface area contributed by atoms with Crippen molar-refractivity contribution < 1.29 is 12.8 Å². The summed E-state index contributed by atoms with van der Waals surface area (Å²) in [7, 11) is -3.84. The van der Waals surface area contributed by atoms with Crippen LogP contribution in [0.1, 0.15) is 0 Å². The van der Waals surface area contributed by atoms with Gasteiger partial charge >= 0.3 is 0 Å². The zero-order valence-electron chi connectivity index (χ0n) is 18.4. The summed E-state index contributed by atoms with van der Waals surface area (Å²) < 4.78 is 42.6. The van der Waals surface area contributed by atoms with Crippen molar-refractivity contribution >= 4 is 49.4 Å². The van der Waals surface area contributed by atoms with Gasteiger partial charge in [-0.05, 0) is 72.8 Å². The quantitative estimate of drug-likeness (QED) is 0.241. The summed E-state index contributed by atoms with van der Waals surface area (Å²) >= 11 is 0. The molecule has 8 heteroatoms. The summed E-state index contributed by atoms with van der Waals surface area (Å²) in [5.41, 5.74) is 3.86. The maximum atomic E-state index is 13.8. The Morgan fingerprint density at radius 3 is 2.20 bits per heavy atom. The van der Waals surface area contributed by atoms with E-state index in [1.54, 1.807) is 60.8 Å². The van der Waals surface area contributed by atoms with Gasteiger partial charge in [0.05, 0.1) is 16.1 Å². The molecule has 0 spiro atoms. The van der Waals surface area contributed by atoms with E-state index in [2.05, 4.69) is 20.3 Å². The summed E-state index contributed by atoms with van der Waals surface area (Å²) in [5, 5.41) is 7.05. The normalized spacial score (nSPS) is 11.2. The van der Waals surface area contributed by atoms with E-state index in [4.69, 9.17) is 0 Å². The summed E-state index contributed by atoms with van der Waals surface area (Å²) in [6.45, 7) is 0. The number of aromatic nitrogens is 1. The molecule has 0 aliphatic heterocycles. The highest BCUT2D eigenvalue weighted by molar-refractivity contribution is 7.92. The number of hydrogen-bond acceptors (Lipinski definition) is 5. The Morgan fingerprint density at radius 2 is 1.37 bits per heavy atom. The molecule has 0 unspecified atom stereocenters. The monoisotopic (exact) mass is 484 g/mol. The van der Waals surface area contributed by atoms with Crippen LogP contribution in [0.15, 0.2) is 114 Å². The fourth-order valence-corrected chi connectivity index (χ4v) is 4.78. The predicted octanol–water partition coefficient (Wildman–Crippen LogP) is 6.66. The van der Waals surface area contributed by atoms with Gasteiger partial charge in [0.25, 0.3) is 10.0 Å². The van der Waals surface area contributed by atoms with E-state index < -0.39 is 10.0 Å². The van der Waals surface area contributed by atoms with Crippen molar-refractivity contribution in [2.24, 2.45) is 0 Å². The van der Waals surface area contributed by atoms with E-state index in [1.165, 1.54) is 18.2 Å². The van der Waals surface area contributed by atoms with Crippen molar-refractivity contribution in [2.75, 3.05) is 15.4 Å². The Hall–Kier alpha value is -4.43. The average Bonchev–Trinajstić information content (AvgIpc) is 2.85. The number of nitrogens with zero attached hydrogens (tertiary/aromatic N) is 1. The van der Waals surface area contributed by atoms with Crippen LogP contribution < -0.4 is 15.4 Å². The number of pyridine rings is 1. The first-order valence-corrected chi connectivity index (χ1v) is 12.3. The summed E-state index contributed by atoms with van der Waals surface area (Å²) in [6, 6.07) is 29.1. The molecule has 174 valence electrons. The molecule has 0 atom stereocenters. The number of hydrogen-bond donors (Lipinski definition) is 3. The molecular weight excluding hydrogens is 463 g/mol. The number of halogens is 1. The van der Waals surface area contributed by atoms with Crippen LogP contribution >= 0.6 is 0 Å². The third-order valence-corrected chi connectivity index (χ3v) is 6.68. The molecule has 35 heavy (non-hydrogen) atoms. The number of para-hydroxylation sites is 1. The fourth-order valence-electron chi connectivity index (χ4n) is 3.69. The van der Waals surface area contributed by atoms with Crippen LogP contribution in [0.4, 0.5) is 32.8 Å². The van der Waals surface area contributed by atoms with Crippen LogP contribution in [0, 0.1) is 5.82 Å². The summed E-state index contributed by atoms with van der Waals surface area (Å²) in [5.74, 6) is -0.362. The second-order valence-electron chi connectivity index (χ2n) is 7.85. The number of benzene rings is 4. The van der Waals surface area contributed by atoms with Crippen molar-refractivity contribution in [2.45, 2.75) is 4.90 Å². The molecule has 1 heterocycles. The van der Waals surface area contributed by atoms with Crippen molar-refractivity contribution in [3.8, 4) is 0 Å². The molecule has 0 saturated heterocycles. The zero-order chi connectivity index (χ0) is 24.3. The van der Waals surface area contributed by atoms with Crippen LogP contribution in [0.25, 0.3) is 10.9 Å². The molecule has 0 fully saturated rings. The van der Waals surface area contributed by atoms with Crippen molar-refractivity contribution in [1.29, 1.82) is 0 Å². The highest BCUT2D eigenvalue weighted by Gasteiger charge is 2.15. The minimum Gasteiger partial charge on any atom is -0.355 e. The van der Waals surface area contributed by atoms with E-state index in [1.807, 2.05) is 30.3 Å². The topological polar surface area (TPSA) is 83.1 Å². The van der Waals surface area contributed by atoms with Crippen molar-refractivity contribution in [3.63, 3.8) is 0 Å². The average molecular weight is 485 g/mol. The minimum atomic E-state index is -3.84. The van der Waals surface area contributed by atoms with E-state index in [9.17, 15) is 12.8 Å². The smallest absolute Gasteiger partial charge is 0.261 e. The van der Waals surface area contributed by atoms with Gasteiger partial charge in [0.15, 0.2) is 0 Å². The fraction of sp³-hybridized carbons (Fsp3) is 0. The number of nitrogens with one attached hydrogen (secondary N) is 3. The SMILES string of the molecule is O=S(=O)(Nc1cccc(Nc2ccnc3ccc(F)cc23)c1)c1cccc(Nc2ccccc2)c1. The molecule has 5 rings (SSSR count). The third kappa shape index (κ3) is 5.23. The highest BCUT2D eigenvalue weighted by Crippen LogP contribution is 2.28. The van der Waals surface area contributed by atoms with Gasteiger partial charge in [-0.3, -0.25) is 9.71 Å². The van der Waals surface area contributed by atoms with Crippen LogP contribution in [-0.2, 0) is 10.0 Å². The molecule has 0 aliphatic rings. The molecule has 0 aliphatic carbocycles. The molecule has 0 saturated carbocycles. The molecule has 0 amide bonds. The van der Waals surface area contributed by atoms with Gasteiger partial charge in [-0.2, -0.15) is 0 Å². The molecule has 1 aromatic heterocycles. The molecule has 0 radical (unpaired) electrons. The van der Waals surface area contributed by atoms with Gasteiger partial charge < -0.3 is 10.6 Å². The Morgan fingerprint density at radius 1 is 0.657 bits per heavy atom. The molecule has 0 bridgehead atoms. The number of sulfonamides is 1. The first-order valence-electron chi connectivity index (χ1n) is 10.8. The number of rotatable bonds is 7. The maximum absolute atomic E-state index is 13.8. The maximum Gasteiger partial charge on any atom is 0.261 e. The van der Waals surface area contributed by atoms with Gasteiger partial charge in [0.1, 0.15) is 5.82 Å². The van der Waals surface area contributed by atoms with Gasteiger partial charge in [-0.15, -0.1) is 0 Å². The van der Waals surface area contributed by atoms with Crippen LogP contribution in [0.5, 0.6) is 0 Å². The minimum absolute atomic E-state index is 0.132. The molecule has 3 N–H and O–H groups in total. The van der Waals surface area contributed by atoms with Gasteiger partial charge in [0, 0.05) is 34.3 Å². The van der Waals surface area contributed by atoms with Crippen LogP contribution in [0.3, 0.4) is 0 Å². The number of anilines is 5. The van der Waals surface area contributed by atoms with Crippen LogP contribution in [0.2, 0.25) is 0 Å². The van der Waals surface area contributed by atoms with Crippen molar-refractivity contribution in [1.82, 2.24) is 4.98 Å². The Kier molecular flexibility index (Phi) is 6.03. The van der Waals surface area contributed by atoms with E-state index in [0.717, 1.165) is 5.69 Å². The second-order valence-corrected chi connectivity index (χ2v) is 9.53. The Bertz CT molecular complexity index is 1610. The first-order chi connectivity index (χ1) is 17.0. The molecule has 6 nitrogen and oxygen atoms in total. The van der Waals surface area contributed by atoms with Gasteiger partial charge in [-0.25, -0.2) is 12.8 Å². The van der Waals surface area contributed by atoms with E-state index >= 15 is 0 Å². The highest BCUT2D eigenvalue weighted by atomic mass is 32.2. The standard InChI is InChI=1S/C27H21FN4O2S/c28-19-12-13-26-25(16-19)27(14-15-29-26)31-21-8-4-10-23(17-21)32-35(33,34)24-11-5-9-22(18-24)30-20-6-2-1-3-7-20/h1-18,30,32H,(H,29,31). The first kappa shape index (κ1) is 22.4. The lowest BCUT2D eigenvalue weighted by atomic mass is 10.1. The predicted molar refractivity (Wildman–Crippen MR) is 138 cm³/mol. The van der Waals surface area contributed by atoms with Gasteiger partial charge in [-0.1, -0.05) is 30.3 Å². The lowest BCUT2D eigenvalue weighted by Crippen LogP contribution is -2.13. The largest absolute Gasteiger partial charge is 0.355 e.